The van der Waals surface area contributed by atoms with Crippen LogP contribution in [0.4, 0.5) is 9.93 Å². The van der Waals surface area contributed by atoms with Gasteiger partial charge in [-0.15, -0.1) is 0 Å². The number of amides is 1. The van der Waals surface area contributed by atoms with Crippen LogP contribution in [0.15, 0.2) is 4.99 Å². The first-order chi connectivity index (χ1) is 11.0. The first-order valence-electron chi connectivity index (χ1n) is 8.09. The largest absolute Gasteiger partial charge is 0.440 e. The minimum atomic E-state index is -0.305. The average Bonchev–Trinajstić information content (AvgIpc) is 2.90. The molecule has 1 aliphatic carbocycles. The summed E-state index contributed by atoms with van der Waals surface area (Å²) in [4.78, 5) is 23.6. The number of carbonyl (C=O) groups is 1. The summed E-state index contributed by atoms with van der Waals surface area (Å²) in [5.41, 5.74) is 11.6. The van der Waals surface area contributed by atoms with Crippen LogP contribution in [0.1, 0.15) is 56.2 Å². The van der Waals surface area contributed by atoms with Crippen molar-refractivity contribution in [3.8, 4) is 0 Å². The van der Waals surface area contributed by atoms with E-state index in [2.05, 4.69) is 16.9 Å². The highest BCUT2D eigenvalue weighted by Gasteiger charge is 2.29. The summed E-state index contributed by atoms with van der Waals surface area (Å²) < 4.78 is 5.71. The van der Waals surface area contributed by atoms with Gasteiger partial charge in [0.25, 0.3) is 0 Å². The Morgan fingerprint density at radius 1 is 1.48 bits per heavy atom. The molecule has 1 amide bonds. The molecule has 0 fully saturated rings. The third kappa shape index (κ3) is 4.57. The van der Waals surface area contributed by atoms with Crippen molar-refractivity contribution >= 4 is 28.5 Å². The number of ether oxygens (including phenoxy) is 1. The normalized spacial score (nSPS) is 16.5. The second kappa shape index (κ2) is 8.14. The van der Waals surface area contributed by atoms with E-state index in [1.54, 1.807) is 4.90 Å². The zero-order valence-electron chi connectivity index (χ0n) is 13.7. The van der Waals surface area contributed by atoms with E-state index in [0.29, 0.717) is 11.7 Å². The Kier molecular flexibility index (Phi) is 6.20. The van der Waals surface area contributed by atoms with Gasteiger partial charge in [-0.1, -0.05) is 24.7 Å². The fourth-order valence-electron chi connectivity index (χ4n) is 2.56. The van der Waals surface area contributed by atoms with E-state index in [4.69, 9.17) is 16.2 Å². The maximum absolute atomic E-state index is 12.4. The van der Waals surface area contributed by atoms with Crippen LogP contribution in [0.2, 0.25) is 0 Å². The molecule has 1 unspecified atom stereocenters. The van der Waals surface area contributed by atoms with Gasteiger partial charge in [-0.05, 0) is 32.6 Å². The van der Waals surface area contributed by atoms with E-state index in [1.807, 2.05) is 6.92 Å². The Balaban J connectivity index is 2.09. The van der Waals surface area contributed by atoms with E-state index in [0.717, 1.165) is 49.2 Å². The topological polar surface area (TPSA) is 107 Å². The molecule has 2 rings (SSSR count). The van der Waals surface area contributed by atoms with Crippen molar-refractivity contribution in [3.05, 3.63) is 10.6 Å². The number of hydrogen-bond donors (Lipinski definition) is 2. The number of nitrogens with zero attached hydrogens (tertiary/aromatic N) is 3. The minimum absolute atomic E-state index is 0.0126. The maximum Gasteiger partial charge on any atom is 0.410 e. The van der Waals surface area contributed by atoms with Crippen LogP contribution in [0.3, 0.4) is 0 Å². The summed E-state index contributed by atoms with van der Waals surface area (Å²) in [5, 5.41) is 0.524. The Bertz CT molecular complexity index is 568. The van der Waals surface area contributed by atoms with Crippen molar-refractivity contribution in [3.63, 3.8) is 0 Å². The molecule has 7 nitrogen and oxygen atoms in total. The van der Waals surface area contributed by atoms with E-state index in [9.17, 15) is 4.79 Å². The van der Waals surface area contributed by atoms with E-state index in [-0.39, 0.29) is 18.2 Å². The molecular formula is C15H25N5O2S. The Labute approximate surface area is 140 Å². The van der Waals surface area contributed by atoms with Crippen molar-refractivity contribution in [2.24, 2.45) is 16.5 Å². The lowest BCUT2D eigenvalue weighted by Gasteiger charge is -2.26. The van der Waals surface area contributed by atoms with Crippen molar-refractivity contribution in [2.45, 2.75) is 52.1 Å². The minimum Gasteiger partial charge on any atom is -0.440 e. The van der Waals surface area contributed by atoms with Gasteiger partial charge in [-0.2, -0.15) is 4.99 Å². The molecule has 4 N–H and O–H groups in total. The summed E-state index contributed by atoms with van der Waals surface area (Å²) in [5.74, 6) is -0.0126. The van der Waals surface area contributed by atoms with Crippen molar-refractivity contribution in [1.82, 2.24) is 9.88 Å². The SMILES string of the molecule is CCCCN(CC)C(=O)OC1CCCc2sc(N=C(N)N)nc21. The standard InChI is InChI=1S/C15H25N5O2S/c1-3-5-9-20(4-2)15(21)22-10-7-6-8-11-12(10)18-14(23-11)19-13(16)17/h10H,3-9H2,1-2H3,(H4,16,17,18,19). The summed E-state index contributed by atoms with van der Waals surface area (Å²) in [6.45, 7) is 5.44. The lowest BCUT2D eigenvalue weighted by atomic mass is 10.0. The van der Waals surface area contributed by atoms with Gasteiger partial charge in [0.05, 0.1) is 5.69 Å². The second-order valence-electron chi connectivity index (χ2n) is 5.54. The number of fused-ring (bicyclic) bond motifs is 1. The van der Waals surface area contributed by atoms with Crippen molar-refractivity contribution in [1.29, 1.82) is 0 Å². The summed E-state index contributed by atoms with van der Waals surface area (Å²) in [6, 6.07) is 0. The van der Waals surface area contributed by atoms with Gasteiger partial charge >= 0.3 is 6.09 Å². The number of thiazole rings is 1. The molecule has 23 heavy (non-hydrogen) atoms. The molecule has 0 saturated heterocycles. The number of rotatable bonds is 6. The van der Waals surface area contributed by atoms with Crippen LogP contribution in [0.25, 0.3) is 0 Å². The molecule has 0 saturated carbocycles. The van der Waals surface area contributed by atoms with Crippen molar-refractivity contribution < 1.29 is 9.53 Å². The zero-order chi connectivity index (χ0) is 16.8. The lowest BCUT2D eigenvalue weighted by molar-refractivity contribution is 0.0539. The molecule has 1 aliphatic rings. The van der Waals surface area contributed by atoms with E-state index < -0.39 is 0 Å². The maximum atomic E-state index is 12.4. The van der Waals surface area contributed by atoms with Gasteiger partial charge in [0.1, 0.15) is 6.10 Å². The Hall–Kier alpha value is -1.83. The molecule has 1 atom stereocenters. The van der Waals surface area contributed by atoms with Gasteiger partial charge in [0, 0.05) is 18.0 Å². The van der Waals surface area contributed by atoms with Crippen LogP contribution in [0, 0.1) is 0 Å². The number of guanidine groups is 1. The number of aryl methyl sites for hydroxylation is 1. The monoisotopic (exact) mass is 339 g/mol. The van der Waals surface area contributed by atoms with Gasteiger partial charge in [-0.3, -0.25) is 0 Å². The first kappa shape index (κ1) is 17.5. The molecule has 1 heterocycles. The molecule has 1 aromatic heterocycles. The predicted molar refractivity (Wildman–Crippen MR) is 91.9 cm³/mol. The number of hydrogen-bond acceptors (Lipinski definition) is 5. The fraction of sp³-hybridized carbons (Fsp3) is 0.667. The Morgan fingerprint density at radius 3 is 2.91 bits per heavy atom. The van der Waals surface area contributed by atoms with Crippen LogP contribution in [-0.2, 0) is 11.2 Å². The summed E-state index contributed by atoms with van der Waals surface area (Å²) >= 11 is 1.46. The van der Waals surface area contributed by atoms with Crippen molar-refractivity contribution in [2.75, 3.05) is 13.1 Å². The molecule has 1 aromatic rings. The third-order valence-electron chi connectivity index (χ3n) is 3.78. The van der Waals surface area contributed by atoms with Gasteiger partial charge in [0.15, 0.2) is 5.96 Å². The number of aliphatic imine (C=N–C) groups is 1. The van der Waals surface area contributed by atoms with Gasteiger partial charge in [-0.25, -0.2) is 9.78 Å². The quantitative estimate of drug-likeness (QED) is 0.612. The summed E-state index contributed by atoms with van der Waals surface area (Å²) in [7, 11) is 0. The molecule has 0 spiro atoms. The molecule has 0 bridgehead atoms. The van der Waals surface area contributed by atoms with Crippen LogP contribution in [-0.4, -0.2) is 35.0 Å². The molecule has 0 aromatic carbocycles. The zero-order valence-corrected chi connectivity index (χ0v) is 14.6. The van der Waals surface area contributed by atoms with Gasteiger partial charge < -0.3 is 21.1 Å². The third-order valence-corrected chi connectivity index (χ3v) is 4.81. The number of unbranched alkanes of at least 4 members (excludes halogenated alkanes) is 1. The molecule has 0 aliphatic heterocycles. The van der Waals surface area contributed by atoms with Crippen LogP contribution >= 0.6 is 11.3 Å². The predicted octanol–water partition coefficient (Wildman–Crippen LogP) is 2.68. The fourth-order valence-corrected chi connectivity index (χ4v) is 3.61. The highest BCUT2D eigenvalue weighted by molar-refractivity contribution is 7.15. The first-order valence-corrected chi connectivity index (χ1v) is 8.91. The number of aromatic nitrogens is 1. The molecular weight excluding hydrogens is 314 g/mol. The van der Waals surface area contributed by atoms with Crippen LogP contribution in [0.5, 0.6) is 0 Å². The molecule has 8 heteroatoms. The number of carbonyl (C=O) groups excluding carboxylic acids is 1. The van der Waals surface area contributed by atoms with Gasteiger partial charge in [0.2, 0.25) is 5.13 Å². The highest BCUT2D eigenvalue weighted by atomic mass is 32.1. The Morgan fingerprint density at radius 2 is 2.26 bits per heavy atom. The molecule has 128 valence electrons. The van der Waals surface area contributed by atoms with Crippen LogP contribution < -0.4 is 11.5 Å². The second-order valence-corrected chi connectivity index (χ2v) is 6.60. The van der Waals surface area contributed by atoms with E-state index >= 15 is 0 Å². The number of nitrogens with two attached hydrogens (primary N) is 2. The smallest absolute Gasteiger partial charge is 0.410 e. The average molecular weight is 339 g/mol. The summed E-state index contributed by atoms with van der Waals surface area (Å²) in [6.07, 6.45) is 4.13. The lowest BCUT2D eigenvalue weighted by Crippen LogP contribution is -2.33. The highest BCUT2D eigenvalue weighted by Crippen LogP contribution is 2.38. The van der Waals surface area contributed by atoms with E-state index in [1.165, 1.54) is 11.3 Å². The molecule has 0 radical (unpaired) electrons.